The third kappa shape index (κ3) is 4.94. The van der Waals surface area contributed by atoms with E-state index in [1.165, 1.54) is 47.6 Å². The summed E-state index contributed by atoms with van der Waals surface area (Å²) in [4.78, 5) is 14.4. The van der Waals surface area contributed by atoms with Crippen molar-refractivity contribution in [2.75, 3.05) is 27.2 Å². The minimum absolute atomic E-state index is 0.0540. The zero-order valence-corrected chi connectivity index (χ0v) is 19.3. The first kappa shape index (κ1) is 24.1. The lowest BCUT2D eigenvalue weighted by Gasteiger charge is -2.26. The summed E-state index contributed by atoms with van der Waals surface area (Å²) in [6, 6.07) is 7.20. The summed E-state index contributed by atoms with van der Waals surface area (Å²) in [5, 5.41) is 0. The molecule has 1 aliphatic rings. The standard InChI is InChI=1S/C23H28F2N2O4S/c1-16(17-8-10-19(24)20(25)14-17)26(2)23(28)18-9-11-21(31-3)22(15-18)32(29,30)27-12-6-4-5-7-13-27/h8-11,14-16H,4-7,12-13H2,1-3H3. The van der Waals surface area contributed by atoms with Crippen LogP contribution in [0.5, 0.6) is 5.75 Å². The first-order chi connectivity index (χ1) is 15.2. The number of methoxy groups -OCH3 is 1. The first-order valence-corrected chi connectivity index (χ1v) is 12.0. The second-order valence-corrected chi connectivity index (χ2v) is 9.86. The van der Waals surface area contributed by atoms with Gasteiger partial charge in [0.25, 0.3) is 5.91 Å². The van der Waals surface area contributed by atoms with Gasteiger partial charge in [0.1, 0.15) is 10.6 Å². The topological polar surface area (TPSA) is 66.9 Å². The molecule has 2 aromatic carbocycles. The second kappa shape index (κ2) is 9.95. The number of nitrogens with zero attached hydrogens (tertiary/aromatic N) is 2. The van der Waals surface area contributed by atoms with Crippen molar-refractivity contribution in [2.24, 2.45) is 0 Å². The molecular weight excluding hydrogens is 438 g/mol. The fourth-order valence-electron chi connectivity index (χ4n) is 3.81. The molecule has 1 saturated heterocycles. The van der Waals surface area contributed by atoms with E-state index in [-0.39, 0.29) is 16.2 Å². The molecule has 6 nitrogen and oxygen atoms in total. The summed E-state index contributed by atoms with van der Waals surface area (Å²) in [5.41, 5.74) is 0.585. The van der Waals surface area contributed by atoms with Crippen molar-refractivity contribution in [3.05, 3.63) is 59.2 Å². The number of benzene rings is 2. The van der Waals surface area contributed by atoms with Gasteiger partial charge in [0.2, 0.25) is 10.0 Å². The fourth-order valence-corrected chi connectivity index (χ4v) is 5.51. The minimum Gasteiger partial charge on any atom is -0.495 e. The van der Waals surface area contributed by atoms with E-state index in [1.54, 1.807) is 6.92 Å². The Hall–Kier alpha value is -2.52. The number of halogens is 2. The van der Waals surface area contributed by atoms with Gasteiger partial charge in [-0.15, -0.1) is 0 Å². The molecule has 0 aliphatic carbocycles. The smallest absolute Gasteiger partial charge is 0.254 e. The zero-order valence-electron chi connectivity index (χ0n) is 18.5. The van der Waals surface area contributed by atoms with E-state index in [0.29, 0.717) is 18.7 Å². The summed E-state index contributed by atoms with van der Waals surface area (Å²) in [7, 11) is -0.933. The Balaban J connectivity index is 1.92. The number of sulfonamides is 1. The quantitative estimate of drug-likeness (QED) is 0.634. The lowest BCUT2D eigenvalue weighted by molar-refractivity contribution is 0.0742. The maximum Gasteiger partial charge on any atom is 0.254 e. The molecule has 1 unspecified atom stereocenters. The zero-order chi connectivity index (χ0) is 23.5. The van der Waals surface area contributed by atoms with Crippen LogP contribution in [0.1, 0.15) is 54.6 Å². The molecule has 0 spiro atoms. The normalized spacial score (nSPS) is 16.3. The Bertz CT molecular complexity index is 1080. The highest BCUT2D eigenvalue weighted by Crippen LogP contribution is 2.31. The largest absolute Gasteiger partial charge is 0.495 e. The predicted octanol–water partition coefficient (Wildman–Crippen LogP) is 4.37. The molecule has 0 N–H and O–H groups in total. The molecule has 0 saturated carbocycles. The molecule has 1 aliphatic heterocycles. The third-order valence-corrected chi connectivity index (χ3v) is 7.84. The van der Waals surface area contributed by atoms with Crippen LogP contribution in [0.4, 0.5) is 8.78 Å². The van der Waals surface area contributed by atoms with E-state index in [4.69, 9.17) is 4.74 Å². The summed E-state index contributed by atoms with van der Waals surface area (Å²) in [6.45, 7) is 2.54. The highest BCUT2D eigenvalue weighted by atomic mass is 32.2. The number of ether oxygens (including phenoxy) is 1. The van der Waals surface area contributed by atoms with Crippen LogP contribution in [0.3, 0.4) is 0 Å². The average Bonchev–Trinajstić information content (AvgIpc) is 3.09. The molecule has 1 amide bonds. The molecule has 1 atom stereocenters. The van der Waals surface area contributed by atoms with Crippen LogP contribution in [0, 0.1) is 11.6 Å². The van der Waals surface area contributed by atoms with Crippen molar-refractivity contribution in [3.8, 4) is 5.75 Å². The number of rotatable bonds is 6. The van der Waals surface area contributed by atoms with Gasteiger partial charge in [0.05, 0.1) is 13.2 Å². The minimum atomic E-state index is -3.85. The Kier molecular flexibility index (Phi) is 7.51. The maximum absolute atomic E-state index is 13.6. The molecule has 0 bridgehead atoms. The molecule has 0 aromatic heterocycles. The average molecular weight is 467 g/mol. The van der Waals surface area contributed by atoms with Crippen LogP contribution < -0.4 is 4.74 Å². The van der Waals surface area contributed by atoms with Crippen molar-refractivity contribution in [1.82, 2.24) is 9.21 Å². The van der Waals surface area contributed by atoms with E-state index in [9.17, 15) is 22.0 Å². The summed E-state index contributed by atoms with van der Waals surface area (Å²) in [6.07, 6.45) is 3.53. The van der Waals surface area contributed by atoms with Crippen LogP contribution in [-0.4, -0.2) is 50.8 Å². The predicted molar refractivity (Wildman–Crippen MR) is 117 cm³/mol. The number of hydrogen-bond acceptors (Lipinski definition) is 4. The van der Waals surface area contributed by atoms with Crippen molar-refractivity contribution in [3.63, 3.8) is 0 Å². The molecular formula is C23H28F2N2O4S. The van der Waals surface area contributed by atoms with Gasteiger partial charge in [0.15, 0.2) is 11.6 Å². The molecule has 174 valence electrons. The molecule has 1 heterocycles. The molecule has 32 heavy (non-hydrogen) atoms. The second-order valence-electron chi connectivity index (χ2n) is 7.95. The maximum atomic E-state index is 13.6. The summed E-state index contributed by atoms with van der Waals surface area (Å²) < 4.78 is 60.3. The van der Waals surface area contributed by atoms with Crippen molar-refractivity contribution < 1.29 is 26.7 Å². The number of amides is 1. The van der Waals surface area contributed by atoms with Gasteiger partial charge in [-0.1, -0.05) is 18.9 Å². The molecule has 2 aromatic rings. The van der Waals surface area contributed by atoms with Gasteiger partial charge in [0, 0.05) is 25.7 Å². The lowest BCUT2D eigenvalue weighted by Crippen LogP contribution is -2.33. The van der Waals surface area contributed by atoms with Crippen LogP contribution in [-0.2, 0) is 10.0 Å². The van der Waals surface area contributed by atoms with E-state index < -0.39 is 33.6 Å². The Morgan fingerprint density at radius 1 is 1.03 bits per heavy atom. The molecule has 1 fully saturated rings. The number of carbonyl (C=O) groups is 1. The van der Waals surface area contributed by atoms with Crippen LogP contribution in [0.2, 0.25) is 0 Å². The van der Waals surface area contributed by atoms with Gasteiger partial charge < -0.3 is 9.64 Å². The highest BCUT2D eigenvalue weighted by Gasteiger charge is 2.30. The van der Waals surface area contributed by atoms with Gasteiger partial charge >= 0.3 is 0 Å². The van der Waals surface area contributed by atoms with E-state index in [1.807, 2.05) is 0 Å². The van der Waals surface area contributed by atoms with Crippen molar-refractivity contribution in [1.29, 1.82) is 0 Å². The molecule has 9 heteroatoms. The highest BCUT2D eigenvalue weighted by molar-refractivity contribution is 7.89. The number of carbonyl (C=O) groups excluding carboxylic acids is 1. The lowest BCUT2D eigenvalue weighted by atomic mass is 10.1. The fraction of sp³-hybridized carbons (Fsp3) is 0.435. The Morgan fingerprint density at radius 3 is 2.28 bits per heavy atom. The Morgan fingerprint density at radius 2 is 1.69 bits per heavy atom. The summed E-state index contributed by atoms with van der Waals surface area (Å²) in [5.74, 6) is -2.24. The molecule has 3 rings (SSSR count). The first-order valence-electron chi connectivity index (χ1n) is 10.6. The van der Waals surface area contributed by atoms with Crippen LogP contribution >= 0.6 is 0 Å². The van der Waals surface area contributed by atoms with Crippen molar-refractivity contribution in [2.45, 2.75) is 43.5 Å². The summed E-state index contributed by atoms with van der Waals surface area (Å²) >= 11 is 0. The van der Waals surface area contributed by atoms with E-state index in [2.05, 4.69) is 0 Å². The SMILES string of the molecule is COc1ccc(C(=O)N(C)C(C)c2ccc(F)c(F)c2)cc1S(=O)(=O)N1CCCCCC1. The third-order valence-electron chi connectivity index (χ3n) is 5.92. The van der Waals surface area contributed by atoms with Crippen LogP contribution in [0.15, 0.2) is 41.3 Å². The monoisotopic (exact) mass is 466 g/mol. The molecule has 0 radical (unpaired) electrons. The van der Waals surface area contributed by atoms with Gasteiger partial charge in [-0.3, -0.25) is 4.79 Å². The Labute approximate surface area is 187 Å². The van der Waals surface area contributed by atoms with Crippen LogP contribution in [0.25, 0.3) is 0 Å². The van der Waals surface area contributed by atoms with E-state index >= 15 is 0 Å². The van der Waals surface area contributed by atoms with Crippen molar-refractivity contribution >= 4 is 15.9 Å². The van der Waals surface area contributed by atoms with Gasteiger partial charge in [-0.2, -0.15) is 4.31 Å². The number of hydrogen-bond donors (Lipinski definition) is 0. The van der Waals surface area contributed by atoms with Gasteiger partial charge in [-0.25, -0.2) is 17.2 Å². The van der Waals surface area contributed by atoms with E-state index in [0.717, 1.165) is 37.8 Å². The van der Waals surface area contributed by atoms with Gasteiger partial charge in [-0.05, 0) is 55.7 Å².